The minimum absolute atomic E-state index is 0.500. The van der Waals surface area contributed by atoms with Gasteiger partial charge in [0.2, 0.25) is 0 Å². The summed E-state index contributed by atoms with van der Waals surface area (Å²) < 4.78 is 0. The third-order valence-corrected chi connectivity index (χ3v) is 3.15. The van der Waals surface area contributed by atoms with Crippen LogP contribution in [0.15, 0.2) is 11.4 Å². The fourth-order valence-electron chi connectivity index (χ4n) is 1.20. The van der Waals surface area contributed by atoms with Gasteiger partial charge >= 0.3 is 5.97 Å². The predicted octanol–water partition coefficient (Wildman–Crippen LogP) is 3.03. The van der Waals surface area contributed by atoms with Crippen molar-refractivity contribution in [1.82, 2.24) is 0 Å². The van der Waals surface area contributed by atoms with Gasteiger partial charge in [0, 0.05) is 0 Å². The Labute approximate surface area is 82.2 Å². The molecule has 0 aromatic carbocycles. The van der Waals surface area contributed by atoms with Gasteiger partial charge in [-0.2, -0.15) is 0 Å². The van der Waals surface area contributed by atoms with Crippen LogP contribution in [0.2, 0.25) is 0 Å². The molecule has 1 unspecified atom stereocenters. The fourth-order valence-corrected chi connectivity index (χ4v) is 1.98. The Morgan fingerprint density at radius 2 is 2.38 bits per heavy atom. The van der Waals surface area contributed by atoms with Gasteiger partial charge in [0.25, 0.3) is 0 Å². The molecule has 1 aromatic heterocycles. The third-order valence-electron chi connectivity index (χ3n) is 2.21. The molecule has 1 atom stereocenters. The highest BCUT2D eigenvalue weighted by atomic mass is 32.1. The molecule has 1 rings (SSSR count). The molecule has 13 heavy (non-hydrogen) atoms. The van der Waals surface area contributed by atoms with E-state index in [-0.39, 0.29) is 0 Å². The molecule has 3 heteroatoms. The molecule has 0 saturated heterocycles. The van der Waals surface area contributed by atoms with Gasteiger partial charge in [0.15, 0.2) is 0 Å². The van der Waals surface area contributed by atoms with E-state index in [0.29, 0.717) is 10.8 Å². The second-order valence-electron chi connectivity index (χ2n) is 3.30. The van der Waals surface area contributed by atoms with E-state index in [9.17, 15) is 4.79 Å². The van der Waals surface area contributed by atoms with Crippen molar-refractivity contribution in [2.24, 2.45) is 5.92 Å². The Morgan fingerprint density at radius 1 is 1.69 bits per heavy atom. The summed E-state index contributed by atoms with van der Waals surface area (Å²) in [5.74, 6) is -0.235. The van der Waals surface area contributed by atoms with Crippen LogP contribution in [0.25, 0.3) is 0 Å². The largest absolute Gasteiger partial charge is 0.477 e. The molecule has 0 amide bonds. The van der Waals surface area contributed by atoms with E-state index >= 15 is 0 Å². The summed E-state index contributed by atoms with van der Waals surface area (Å²) in [5.41, 5.74) is 0.979. The van der Waals surface area contributed by atoms with Crippen LogP contribution in [-0.4, -0.2) is 11.1 Å². The van der Waals surface area contributed by atoms with Crippen LogP contribution in [0.4, 0.5) is 0 Å². The van der Waals surface area contributed by atoms with Crippen LogP contribution in [0.5, 0.6) is 0 Å². The lowest BCUT2D eigenvalue weighted by Gasteiger charge is -2.06. The number of carboxylic acids is 1. The molecule has 0 aliphatic carbocycles. The zero-order valence-corrected chi connectivity index (χ0v) is 8.73. The Morgan fingerprint density at radius 3 is 2.92 bits per heavy atom. The molecule has 1 N–H and O–H groups in total. The van der Waals surface area contributed by atoms with Crippen molar-refractivity contribution in [3.8, 4) is 0 Å². The molecular weight excluding hydrogens is 184 g/mol. The van der Waals surface area contributed by atoms with Gasteiger partial charge in [-0.25, -0.2) is 4.79 Å². The minimum Gasteiger partial charge on any atom is -0.477 e. The number of hydrogen-bond donors (Lipinski definition) is 1. The van der Waals surface area contributed by atoms with Gasteiger partial charge in [-0.05, 0) is 29.3 Å². The molecule has 0 radical (unpaired) electrons. The Kier molecular flexibility index (Phi) is 3.48. The monoisotopic (exact) mass is 198 g/mol. The van der Waals surface area contributed by atoms with Gasteiger partial charge in [-0.15, -0.1) is 11.3 Å². The van der Waals surface area contributed by atoms with Gasteiger partial charge in [-0.3, -0.25) is 0 Å². The van der Waals surface area contributed by atoms with Gasteiger partial charge in [-0.1, -0.05) is 20.3 Å². The van der Waals surface area contributed by atoms with Crippen molar-refractivity contribution in [1.29, 1.82) is 0 Å². The number of carbonyl (C=O) groups is 1. The van der Waals surface area contributed by atoms with Gasteiger partial charge < -0.3 is 5.11 Å². The number of rotatable bonds is 4. The van der Waals surface area contributed by atoms with Crippen LogP contribution in [-0.2, 0) is 6.42 Å². The normalized spacial score (nSPS) is 12.8. The lowest BCUT2D eigenvalue weighted by atomic mass is 9.99. The summed E-state index contributed by atoms with van der Waals surface area (Å²) in [4.78, 5) is 11.3. The van der Waals surface area contributed by atoms with Crippen LogP contribution >= 0.6 is 11.3 Å². The van der Waals surface area contributed by atoms with E-state index in [1.807, 2.05) is 11.4 Å². The summed E-state index contributed by atoms with van der Waals surface area (Å²) in [6.07, 6.45) is 1.97. The number of carboxylic acid groups (broad SMARTS) is 1. The molecular formula is C10H14O2S. The lowest BCUT2D eigenvalue weighted by molar-refractivity contribution is 0.0701. The highest BCUT2D eigenvalue weighted by Crippen LogP contribution is 2.21. The van der Waals surface area contributed by atoms with Gasteiger partial charge in [0.05, 0.1) is 0 Å². The van der Waals surface area contributed by atoms with Crippen molar-refractivity contribution in [2.45, 2.75) is 26.7 Å². The van der Waals surface area contributed by atoms with Gasteiger partial charge in [0.1, 0.15) is 4.88 Å². The first-order chi connectivity index (χ1) is 6.15. The van der Waals surface area contributed by atoms with Crippen LogP contribution in [0, 0.1) is 5.92 Å². The first-order valence-corrected chi connectivity index (χ1v) is 5.32. The molecule has 0 aliphatic heterocycles. The minimum atomic E-state index is -0.798. The van der Waals surface area contributed by atoms with Crippen molar-refractivity contribution in [3.05, 3.63) is 21.9 Å². The average Bonchev–Trinajstić information content (AvgIpc) is 2.52. The molecule has 2 nitrogen and oxygen atoms in total. The molecule has 0 fully saturated rings. The van der Waals surface area contributed by atoms with E-state index in [0.717, 1.165) is 18.4 Å². The molecule has 72 valence electrons. The van der Waals surface area contributed by atoms with Crippen molar-refractivity contribution >= 4 is 17.3 Å². The zero-order chi connectivity index (χ0) is 9.84. The van der Waals surface area contributed by atoms with Crippen LogP contribution in [0.1, 0.15) is 35.5 Å². The van der Waals surface area contributed by atoms with Crippen LogP contribution in [0.3, 0.4) is 0 Å². The second kappa shape index (κ2) is 4.42. The van der Waals surface area contributed by atoms with E-state index in [1.165, 1.54) is 11.3 Å². The molecule has 1 aromatic rings. The smallest absolute Gasteiger partial charge is 0.346 e. The summed E-state index contributed by atoms with van der Waals surface area (Å²) in [6, 6.07) is 1.92. The highest BCUT2D eigenvalue weighted by molar-refractivity contribution is 7.12. The zero-order valence-electron chi connectivity index (χ0n) is 7.91. The van der Waals surface area contributed by atoms with E-state index in [2.05, 4.69) is 13.8 Å². The maximum atomic E-state index is 10.8. The maximum Gasteiger partial charge on any atom is 0.346 e. The summed E-state index contributed by atoms with van der Waals surface area (Å²) in [6.45, 7) is 4.26. The van der Waals surface area contributed by atoms with Crippen molar-refractivity contribution in [3.63, 3.8) is 0 Å². The summed E-state index contributed by atoms with van der Waals surface area (Å²) >= 11 is 1.31. The quantitative estimate of drug-likeness (QED) is 0.807. The SMILES string of the molecule is CCC(C)Cc1ccsc1C(=O)O. The topological polar surface area (TPSA) is 37.3 Å². The highest BCUT2D eigenvalue weighted by Gasteiger charge is 2.12. The molecule has 0 saturated carbocycles. The maximum absolute atomic E-state index is 10.8. The Balaban J connectivity index is 2.76. The molecule has 0 spiro atoms. The standard InChI is InChI=1S/C10H14O2S/c1-3-7(2)6-8-4-5-13-9(8)10(11)12/h4-5,7H,3,6H2,1-2H3,(H,11,12). The number of thiophene rings is 1. The van der Waals surface area contributed by atoms with Crippen molar-refractivity contribution < 1.29 is 9.90 Å². The predicted molar refractivity (Wildman–Crippen MR) is 54.4 cm³/mol. The van der Waals surface area contributed by atoms with Crippen molar-refractivity contribution in [2.75, 3.05) is 0 Å². The average molecular weight is 198 g/mol. The summed E-state index contributed by atoms with van der Waals surface area (Å²) in [7, 11) is 0. The lowest BCUT2D eigenvalue weighted by Crippen LogP contribution is -2.02. The third kappa shape index (κ3) is 2.56. The number of aromatic carboxylic acids is 1. The Hall–Kier alpha value is -0.830. The fraction of sp³-hybridized carbons (Fsp3) is 0.500. The van der Waals surface area contributed by atoms with E-state index < -0.39 is 5.97 Å². The molecule has 1 heterocycles. The number of hydrogen-bond acceptors (Lipinski definition) is 2. The van der Waals surface area contributed by atoms with E-state index in [4.69, 9.17) is 5.11 Å². The molecule has 0 bridgehead atoms. The summed E-state index contributed by atoms with van der Waals surface area (Å²) in [5, 5.41) is 10.7. The molecule has 0 aliphatic rings. The van der Waals surface area contributed by atoms with E-state index in [1.54, 1.807) is 0 Å². The second-order valence-corrected chi connectivity index (χ2v) is 4.21. The van der Waals surface area contributed by atoms with Crippen LogP contribution < -0.4 is 0 Å². The first kappa shape index (κ1) is 10.3. The first-order valence-electron chi connectivity index (χ1n) is 4.44. The Bertz CT molecular complexity index is 291.